The molecule has 2 N–H and O–H groups in total. The van der Waals surface area contributed by atoms with Gasteiger partial charge in [-0.1, -0.05) is 6.07 Å². The van der Waals surface area contributed by atoms with Gasteiger partial charge in [0.25, 0.3) is 0 Å². The average molecular weight is 269 g/mol. The van der Waals surface area contributed by atoms with Crippen molar-refractivity contribution in [2.45, 2.75) is 18.1 Å². The first-order chi connectivity index (χ1) is 8.59. The summed E-state index contributed by atoms with van der Waals surface area (Å²) in [5, 5.41) is 11.3. The van der Waals surface area contributed by atoms with Crippen LogP contribution in [0, 0.1) is 5.82 Å². The molecule has 1 aromatic rings. The zero-order chi connectivity index (χ0) is 13.1. The number of rotatable bonds is 3. The number of hydrogen-bond acceptors (Lipinski definition) is 3. The molecular weight excluding hydrogens is 257 g/mol. The Morgan fingerprint density at radius 3 is 2.83 bits per heavy atom. The van der Waals surface area contributed by atoms with Crippen LogP contribution in [0.15, 0.2) is 18.2 Å². The Kier molecular flexibility index (Phi) is 3.86. The van der Waals surface area contributed by atoms with Gasteiger partial charge in [-0.15, -0.1) is 11.8 Å². The van der Waals surface area contributed by atoms with Crippen molar-refractivity contribution in [2.24, 2.45) is 0 Å². The molecule has 1 atom stereocenters. The van der Waals surface area contributed by atoms with Crippen LogP contribution in [0.3, 0.4) is 0 Å². The van der Waals surface area contributed by atoms with Gasteiger partial charge in [-0.05, 0) is 30.7 Å². The summed E-state index contributed by atoms with van der Waals surface area (Å²) >= 11 is 1.53. The molecule has 1 aliphatic rings. The van der Waals surface area contributed by atoms with Crippen molar-refractivity contribution < 1.29 is 19.1 Å². The molecule has 1 saturated heterocycles. The van der Waals surface area contributed by atoms with E-state index in [1.165, 1.54) is 23.9 Å². The molecular formula is C12H12FNO3S. The van der Waals surface area contributed by atoms with Gasteiger partial charge in [-0.3, -0.25) is 4.79 Å². The van der Waals surface area contributed by atoms with E-state index < -0.39 is 17.3 Å². The SMILES string of the molecule is O=C(O)c1c(F)cccc1NC(=O)C1CCCS1. The minimum absolute atomic E-state index is 0.0139. The maximum atomic E-state index is 13.4. The van der Waals surface area contributed by atoms with Gasteiger partial charge in [0.2, 0.25) is 5.91 Å². The molecule has 0 spiro atoms. The number of carboxylic acid groups (broad SMARTS) is 1. The van der Waals surface area contributed by atoms with Crippen LogP contribution in [0.5, 0.6) is 0 Å². The fourth-order valence-corrected chi connectivity index (χ4v) is 3.00. The summed E-state index contributed by atoms with van der Waals surface area (Å²) in [4.78, 5) is 22.8. The standard InChI is InChI=1S/C12H12FNO3S/c13-7-3-1-4-8(10(7)12(16)17)14-11(15)9-5-2-6-18-9/h1,3-4,9H,2,5-6H2,(H,14,15)(H,16,17). The molecule has 1 fully saturated rings. The van der Waals surface area contributed by atoms with Crippen molar-refractivity contribution in [2.75, 3.05) is 11.1 Å². The van der Waals surface area contributed by atoms with Crippen molar-refractivity contribution in [3.05, 3.63) is 29.6 Å². The molecule has 18 heavy (non-hydrogen) atoms. The van der Waals surface area contributed by atoms with E-state index in [1.54, 1.807) is 0 Å². The lowest BCUT2D eigenvalue weighted by atomic mass is 10.1. The maximum Gasteiger partial charge on any atom is 0.340 e. The van der Waals surface area contributed by atoms with E-state index in [1.807, 2.05) is 0 Å². The highest BCUT2D eigenvalue weighted by atomic mass is 32.2. The van der Waals surface area contributed by atoms with Gasteiger partial charge in [0.15, 0.2) is 0 Å². The van der Waals surface area contributed by atoms with Gasteiger partial charge in [0.1, 0.15) is 11.4 Å². The Labute approximate surface area is 108 Å². The molecule has 1 amide bonds. The molecule has 0 aliphatic carbocycles. The monoisotopic (exact) mass is 269 g/mol. The highest BCUT2D eigenvalue weighted by Gasteiger charge is 2.25. The lowest BCUT2D eigenvalue weighted by Gasteiger charge is -2.12. The molecule has 1 aliphatic heterocycles. The predicted octanol–water partition coefficient (Wildman–Crippen LogP) is 2.36. The zero-order valence-electron chi connectivity index (χ0n) is 9.48. The Hall–Kier alpha value is -1.56. The fraction of sp³-hybridized carbons (Fsp3) is 0.333. The molecule has 6 heteroatoms. The number of carbonyl (C=O) groups is 2. The van der Waals surface area contributed by atoms with E-state index in [2.05, 4.69) is 5.32 Å². The lowest BCUT2D eigenvalue weighted by Crippen LogP contribution is -2.24. The topological polar surface area (TPSA) is 66.4 Å². The summed E-state index contributed by atoms with van der Waals surface area (Å²) < 4.78 is 13.4. The molecule has 4 nitrogen and oxygen atoms in total. The molecule has 1 heterocycles. The molecule has 2 rings (SSSR count). The Morgan fingerprint density at radius 2 is 2.22 bits per heavy atom. The average Bonchev–Trinajstić information content (AvgIpc) is 2.81. The highest BCUT2D eigenvalue weighted by Crippen LogP contribution is 2.28. The number of nitrogens with one attached hydrogen (secondary N) is 1. The van der Waals surface area contributed by atoms with Gasteiger partial charge in [-0.2, -0.15) is 0 Å². The highest BCUT2D eigenvalue weighted by molar-refractivity contribution is 8.00. The summed E-state index contributed by atoms with van der Waals surface area (Å²) in [6.07, 6.45) is 1.74. The minimum Gasteiger partial charge on any atom is -0.478 e. The molecule has 0 saturated carbocycles. The van der Waals surface area contributed by atoms with Crippen molar-refractivity contribution in [1.82, 2.24) is 0 Å². The quantitative estimate of drug-likeness (QED) is 0.884. The van der Waals surface area contributed by atoms with Crippen LogP contribution < -0.4 is 5.32 Å². The largest absolute Gasteiger partial charge is 0.478 e. The van der Waals surface area contributed by atoms with Gasteiger partial charge in [0.05, 0.1) is 10.9 Å². The number of aromatic carboxylic acids is 1. The maximum absolute atomic E-state index is 13.4. The predicted molar refractivity (Wildman–Crippen MR) is 67.5 cm³/mol. The van der Waals surface area contributed by atoms with Crippen LogP contribution in [0.1, 0.15) is 23.2 Å². The molecule has 0 radical (unpaired) electrons. The summed E-state index contributed by atoms with van der Waals surface area (Å²) in [5.41, 5.74) is -0.478. The van der Waals surface area contributed by atoms with Crippen LogP contribution in [0.25, 0.3) is 0 Å². The van der Waals surface area contributed by atoms with Gasteiger partial charge in [0, 0.05) is 0 Å². The number of benzene rings is 1. The minimum atomic E-state index is -1.39. The van der Waals surface area contributed by atoms with E-state index in [0.717, 1.165) is 24.7 Å². The third-order valence-corrected chi connectivity index (χ3v) is 4.08. The van der Waals surface area contributed by atoms with Crippen LogP contribution in [0.2, 0.25) is 0 Å². The van der Waals surface area contributed by atoms with Crippen molar-refractivity contribution in [3.8, 4) is 0 Å². The molecule has 96 valence electrons. The first-order valence-electron chi connectivity index (χ1n) is 5.54. The molecule has 1 aromatic carbocycles. The van der Waals surface area contributed by atoms with Crippen LogP contribution in [-0.4, -0.2) is 28.0 Å². The summed E-state index contributed by atoms with van der Waals surface area (Å²) in [6.45, 7) is 0. The van der Waals surface area contributed by atoms with E-state index in [9.17, 15) is 14.0 Å². The Balaban J connectivity index is 2.20. The van der Waals surface area contributed by atoms with Crippen LogP contribution in [0.4, 0.5) is 10.1 Å². The smallest absolute Gasteiger partial charge is 0.340 e. The lowest BCUT2D eigenvalue weighted by molar-refractivity contribution is -0.115. The second-order valence-corrected chi connectivity index (χ2v) is 5.27. The second kappa shape index (κ2) is 5.39. The number of hydrogen-bond donors (Lipinski definition) is 2. The summed E-state index contributed by atoms with van der Waals surface area (Å²) in [6, 6.07) is 3.83. The number of carboxylic acids is 1. The molecule has 1 unspecified atom stereocenters. The van der Waals surface area contributed by atoms with Crippen LogP contribution >= 0.6 is 11.8 Å². The van der Waals surface area contributed by atoms with Crippen molar-refractivity contribution in [3.63, 3.8) is 0 Å². The number of thioether (sulfide) groups is 1. The molecule has 0 aromatic heterocycles. The van der Waals surface area contributed by atoms with E-state index in [0.29, 0.717) is 0 Å². The van der Waals surface area contributed by atoms with Gasteiger partial charge >= 0.3 is 5.97 Å². The zero-order valence-corrected chi connectivity index (χ0v) is 10.3. The number of carbonyl (C=O) groups excluding carboxylic acids is 1. The first-order valence-corrected chi connectivity index (χ1v) is 6.58. The van der Waals surface area contributed by atoms with E-state index in [4.69, 9.17) is 5.11 Å². The van der Waals surface area contributed by atoms with Crippen molar-refractivity contribution in [1.29, 1.82) is 0 Å². The third kappa shape index (κ3) is 2.64. The first kappa shape index (κ1) is 12.9. The van der Waals surface area contributed by atoms with Crippen LogP contribution in [-0.2, 0) is 4.79 Å². The normalized spacial score (nSPS) is 18.6. The number of amides is 1. The molecule has 0 bridgehead atoms. The third-order valence-electron chi connectivity index (χ3n) is 2.71. The van der Waals surface area contributed by atoms with E-state index >= 15 is 0 Å². The number of halogens is 1. The summed E-state index contributed by atoms with van der Waals surface area (Å²) in [7, 11) is 0. The van der Waals surface area contributed by atoms with Gasteiger partial charge in [-0.25, -0.2) is 9.18 Å². The second-order valence-electron chi connectivity index (χ2n) is 3.96. The summed E-state index contributed by atoms with van der Waals surface area (Å²) in [5.74, 6) is -1.57. The number of anilines is 1. The Morgan fingerprint density at radius 1 is 1.44 bits per heavy atom. The van der Waals surface area contributed by atoms with E-state index in [-0.39, 0.29) is 16.8 Å². The van der Waals surface area contributed by atoms with Gasteiger partial charge < -0.3 is 10.4 Å². The fourth-order valence-electron chi connectivity index (χ4n) is 1.84. The van der Waals surface area contributed by atoms with Crippen molar-refractivity contribution >= 4 is 29.3 Å². The Bertz CT molecular complexity index is 486.